The van der Waals surface area contributed by atoms with Gasteiger partial charge in [0, 0.05) is 6.04 Å². The Kier molecular flexibility index (Phi) is 3.70. The molecule has 16 heavy (non-hydrogen) atoms. The SMILES string of the molecule is CC1CCCC(N[C@H](C)c2ccco2)C1C. The second-order valence-corrected chi connectivity index (χ2v) is 5.28. The van der Waals surface area contributed by atoms with Gasteiger partial charge in [-0.1, -0.05) is 26.7 Å². The Morgan fingerprint density at radius 2 is 2.19 bits per heavy atom. The van der Waals surface area contributed by atoms with Crippen molar-refractivity contribution in [3.63, 3.8) is 0 Å². The molecule has 0 spiro atoms. The highest BCUT2D eigenvalue weighted by molar-refractivity contribution is 5.03. The zero-order valence-corrected chi connectivity index (χ0v) is 10.6. The van der Waals surface area contributed by atoms with E-state index in [1.165, 1.54) is 19.3 Å². The predicted octanol–water partition coefficient (Wildman–Crippen LogP) is 3.75. The van der Waals surface area contributed by atoms with Crippen LogP contribution in [0.3, 0.4) is 0 Å². The second-order valence-electron chi connectivity index (χ2n) is 5.28. The quantitative estimate of drug-likeness (QED) is 0.840. The van der Waals surface area contributed by atoms with Gasteiger partial charge >= 0.3 is 0 Å². The Labute approximate surface area is 98.4 Å². The third-order valence-electron chi connectivity index (χ3n) is 4.14. The summed E-state index contributed by atoms with van der Waals surface area (Å²) in [5, 5.41) is 3.71. The minimum atomic E-state index is 0.327. The molecule has 1 fully saturated rings. The van der Waals surface area contributed by atoms with Gasteiger partial charge in [-0.3, -0.25) is 0 Å². The molecule has 1 aliphatic carbocycles. The van der Waals surface area contributed by atoms with Crippen LogP contribution < -0.4 is 5.32 Å². The van der Waals surface area contributed by atoms with Gasteiger partial charge in [-0.2, -0.15) is 0 Å². The van der Waals surface area contributed by atoms with E-state index < -0.39 is 0 Å². The lowest BCUT2D eigenvalue weighted by Crippen LogP contribution is -2.41. The lowest BCUT2D eigenvalue weighted by molar-refractivity contribution is 0.191. The molecule has 1 heterocycles. The fourth-order valence-corrected chi connectivity index (χ4v) is 2.76. The van der Waals surface area contributed by atoms with Crippen LogP contribution in [0.1, 0.15) is 51.8 Å². The van der Waals surface area contributed by atoms with E-state index in [0.29, 0.717) is 12.1 Å². The molecule has 0 saturated heterocycles. The maximum Gasteiger partial charge on any atom is 0.120 e. The Morgan fingerprint density at radius 3 is 2.88 bits per heavy atom. The van der Waals surface area contributed by atoms with E-state index in [2.05, 4.69) is 32.2 Å². The van der Waals surface area contributed by atoms with Gasteiger partial charge in [0.2, 0.25) is 0 Å². The van der Waals surface area contributed by atoms with Crippen LogP contribution in [0, 0.1) is 11.8 Å². The number of rotatable bonds is 3. The third kappa shape index (κ3) is 2.49. The third-order valence-corrected chi connectivity index (χ3v) is 4.14. The van der Waals surface area contributed by atoms with Crippen LogP contribution in [-0.4, -0.2) is 6.04 Å². The summed E-state index contributed by atoms with van der Waals surface area (Å²) in [6.45, 7) is 6.93. The number of nitrogens with one attached hydrogen (secondary N) is 1. The molecule has 0 aromatic carbocycles. The zero-order chi connectivity index (χ0) is 11.5. The van der Waals surface area contributed by atoms with Crippen molar-refractivity contribution >= 4 is 0 Å². The summed E-state index contributed by atoms with van der Waals surface area (Å²) in [7, 11) is 0. The van der Waals surface area contributed by atoms with Gasteiger partial charge in [0.25, 0.3) is 0 Å². The van der Waals surface area contributed by atoms with Gasteiger partial charge in [0.1, 0.15) is 5.76 Å². The first-order chi connectivity index (χ1) is 7.68. The Balaban J connectivity index is 1.93. The molecule has 1 saturated carbocycles. The van der Waals surface area contributed by atoms with Gasteiger partial charge in [-0.15, -0.1) is 0 Å². The lowest BCUT2D eigenvalue weighted by Gasteiger charge is -2.36. The van der Waals surface area contributed by atoms with Crippen molar-refractivity contribution in [2.45, 2.75) is 52.1 Å². The molecular weight excluding hydrogens is 198 g/mol. The molecule has 90 valence electrons. The average Bonchev–Trinajstić information content (AvgIpc) is 2.78. The number of hydrogen-bond donors (Lipinski definition) is 1. The van der Waals surface area contributed by atoms with Crippen LogP contribution in [0.5, 0.6) is 0 Å². The van der Waals surface area contributed by atoms with E-state index in [1.54, 1.807) is 6.26 Å². The summed E-state index contributed by atoms with van der Waals surface area (Å²) >= 11 is 0. The normalized spacial score (nSPS) is 32.6. The summed E-state index contributed by atoms with van der Waals surface area (Å²) in [4.78, 5) is 0. The Hall–Kier alpha value is -0.760. The van der Waals surface area contributed by atoms with Gasteiger partial charge in [-0.25, -0.2) is 0 Å². The van der Waals surface area contributed by atoms with Crippen LogP contribution in [0.15, 0.2) is 22.8 Å². The molecule has 1 aromatic heterocycles. The van der Waals surface area contributed by atoms with Crippen molar-refractivity contribution in [1.82, 2.24) is 5.32 Å². The average molecular weight is 221 g/mol. The molecular formula is C14H23NO. The minimum Gasteiger partial charge on any atom is -0.468 e. The molecule has 0 radical (unpaired) electrons. The summed E-state index contributed by atoms with van der Waals surface area (Å²) in [5.74, 6) is 2.66. The first-order valence-corrected chi connectivity index (χ1v) is 6.48. The van der Waals surface area contributed by atoms with E-state index in [1.807, 2.05) is 6.07 Å². The Morgan fingerprint density at radius 1 is 1.38 bits per heavy atom. The van der Waals surface area contributed by atoms with Crippen molar-refractivity contribution in [2.24, 2.45) is 11.8 Å². The van der Waals surface area contributed by atoms with Crippen molar-refractivity contribution in [3.05, 3.63) is 24.2 Å². The van der Waals surface area contributed by atoms with Crippen molar-refractivity contribution in [1.29, 1.82) is 0 Å². The molecule has 3 unspecified atom stereocenters. The summed E-state index contributed by atoms with van der Waals surface area (Å²) in [5.41, 5.74) is 0. The fourth-order valence-electron chi connectivity index (χ4n) is 2.76. The van der Waals surface area contributed by atoms with E-state index in [0.717, 1.165) is 17.6 Å². The second kappa shape index (κ2) is 5.05. The minimum absolute atomic E-state index is 0.327. The highest BCUT2D eigenvalue weighted by atomic mass is 16.3. The van der Waals surface area contributed by atoms with E-state index >= 15 is 0 Å². The highest BCUT2D eigenvalue weighted by Crippen LogP contribution is 2.31. The Bertz CT molecular complexity index is 307. The topological polar surface area (TPSA) is 25.2 Å². The van der Waals surface area contributed by atoms with E-state index in [9.17, 15) is 0 Å². The molecule has 0 amide bonds. The molecule has 2 nitrogen and oxygen atoms in total. The molecule has 1 N–H and O–H groups in total. The monoisotopic (exact) mass is 221 g/mol. The maximum absolute atomic E-state index is 5.44. The van der Waals surface area contributed by atoms with Crippen molar-refractivity contribution < 1.29 is 4.42 Å². The number of hydrogen-bond acceptors (Lipinski definition) is 2. The fraction of sp³-hybridized carbons (Fsp3) is 0.714. The maximum atomic E-state index is 5.44. The smallest absolute Gasteiger partial charge is 0.120 e. The van der Waals surface area contributed by atoms with Crippen molar-refractivity contribution in [3.8, 4) is 0 Å². The van der Waals surface area contributed by atoms with E-state index in [-0.39, 0.29) is 0 Å². The van der Waals surface area contributed by atoms with E-state index in [4.69, 9.17) is 4.42 Å². The highest BCUT2D eigenvalue weighted by Gasteiger charge is 2.28. The molecule has 1 aromatic rings. The molecule has 1 aliphatic rings. The molecule has 0 bridgehead atoms. The summed E-state index contributed by atoms with van der Waals surface area (Å²) in [6, 6.07) is 4.98. The zero-order valence-electron chi connectivity index (χ0n) is 10.6. The van der Waals surface area contributed by atoms with Gasteiger partial charge < -0.3 is 9.73 Å². The van der Waals surface area contributed by atoms with Crippen LogP contribution >= 0.6 is 0 Å². The van der Waals surface area contributed by atoms with Gasteiger partial charge in [0.15, 0.2) is 0 Å². The van der Waals surface area contributed by atoms with Crippen LogP contribution in [0.2, 0.25) is 0 Å². The lowest BCUT2D eigenvalue weighted by atomic mass is 9.78. The van der Waals surface area contributed by atoms with Gasteiger partial charge in [-0.05, 0) is 37.3 Å². The molecule has 0 aliphatic heterocycles. The molecule has 2 heteroatoms. The van der Waals surface area contributed by atoms with Crippen LogP contribution in [-0.2, 0) is 0 Å². The van der Waals surface area contributed by atoms with Crippen LogP contribution in [0.25, 0.3) is 0 Å². The largest absolute Gasteiger partial charge is 0.468 e. The first kappa shape index (κ1) is 11.7. The molecule has 4 atom stereocenters. The predicted molar refractivity (Wildman–Crippen MR) is 66.2 cm³/mol. The van der Waals surface area contributed by atoms with Crippen molar-refractivity contribution in [2.75, 3.05) is 0 Å². The van der Waals surface area contributed by atoms with Crippen LogP contribution in [0.4, 0.5) is 0 Å². The standard InChI is InChI=1S/C14H23NO/c1-10-6-4-7-13(11(10)2)15-12(3)14-8-5-9-16-14/h5,8-13,15H,4,6-7H2,1-3H3/t10?,11?,12-,13?/m1/s1. The summed E-state index contributed by atoms with van der Waals surface area (Å²) < 4.78 is 5.44. The first-order valence-electron chi connectivity index (χ1n) is 6.48. The number of furan rings is 1. The van der Waals surface area contributed by atoms with Gasteiger partial charge in [0.05, 0.1) is 12.3 Å². The molecule has 2 rings (SSSR count). The summed E-state index contributed by atoms with van der Waals surface area (Å²) in [6.07, 6.45) is 5.79.